The van der Waals surface area contributed by atoms with Crippen molar-refractivity contribution in [3.05, 3.63) is 47.3 Å². The van der Waals surface area contributed by atoms with Crippen LogP contribution >= 0.6 is 11.3 Å². The average Bonchev–Trinajstić information content (AvgIpc) is 2.93. The highest BCUT2D eigenvalue weighted by Gasteiger charge is 2.30. The topological polar surface area (TPSA) is 54.5 Å². The summed E-state index contributed by atoms with van der Waals surface area (Å²) in [7, 11) is -3.58. The van der Waals surface area contributed by atoms with Crippen molar-refractivity contribution in [3.8, 4) is 0 Å². The number of anilines is 1. The van der Waals surface area contributed by atoms with Crippen molar-refractivity contribution in [3.63, 3.8) is 0 Å². The number of benzene rings is 1. The molecule has 1 aliphatic heterocycles. The molecular weight excluding hydrogens is 294 g/mol. The number of ketones is 1. The Hall–Kier alpha value is -1.66. The molecule has 6 heteroatoms. The lowest BCUT2D eigenvalue weighted by Crippen LogP contribution is -2.31. The molecule has 2 aromatic rings. The van der Waals surface area contributed by atoms with Gasteiger partial charge in [-0.2, -0.15) is 0 Å². The van der Waals surface area contributed by atoms with Crippen LogP contribution in [-0.4, -0.2) is 20.7 Å². The molecule has 0 saturated heterocycles. The molecule has 104 valence electrons. The zero-order chi connectivity index (χ0) is 14.2. The third-order valence-corrected chi connectivity index (χ3v) is 6.46. The monoisotopic (exact) mass is 307 g/mol. The highest BCUT2D eigenvalue weighted by atomic mass is 32.2. The Balaban J connectivity index is 2.15. The van der Waals surface area contributed by atoms with Gasteiger partial charge < -0.3 is 0 Å². The number of hydrogen-bond donors (Lipinski definition) is 0. The van der Waals surface area contributed by atoms with Gasteiger partial charge in [0.05, 0.1) is 5.69 Å². The van der Waals surface area contributed by atoms with E-state index < -0.39 is 10.0 Å². The van der Waals surface area contributed by atoms with E-state index in [9.17, 15) is 13.2 Å². The highest BCUT2D eigenvalue weighted by Crippen LogP contribution is 2.32. The lowest BCUT2D eigenvalue weighted by molar-refractivity contribution is 0.0984. The molecule has 0 aliphatic carbocycles. The van der Waals surface area contributed by atoms with E-state index in [4.69, 9.17) is 0 Å². The van der Waals surface area contributed by atoms with Crippen LogP contribution in [0.15, 0.2) is 46.0 Å². The Morgan fingerprint density at radius 2 is 1.90 bits per heavy atom. The number of Topliss-reactive ketones (excluding diaryl/α,β-unsaturated/α-hetero) is 1. The molecule has 0 N–H and O–H groups in total. The van der Waals surface area contributed by atoms with Gasteiger partial charge in [-0.05, 0) is 30.0 Å². The predicted octanol–water partition coefficient (Wildman–Crippen LogP) is 2.92. The standard InChI is InChI=1S/C14H13NO3S2/c16-13-7-3-9-15(12-6-2-1-5-11(12)13)20(17,18)14-8-4-10-19-14/h1-2,4-6,8,10H,3,7,9H2. The SMILES string of the molecule is O=C1CCCN(S(=O)(=O)c2cccs2)c2ccccc21. The fourth-order valence-electron chi connectivity index (χ4n) is 2.33. The average molecular weight is 307 g/mol. The Morgan fingerprint density at radius 3 is 2.65 bits per heavy atom. The third-order valence-electron chi connectivity index (χ3n) is 3.28. The molecule has 1 aromatic carbocycles. The van der Waals surface area contributed by atoms with Crippen LogP contribution in [0.2, 0.25) is 0 Å². The second kappa shape index (κ2) is 5.03. The maximum Gasteiger partial charge on any atom is 0.273 e. The molecule has 0 saturated carbocycles. The summed E-state index contributed by atoms with van der Waals surface area (Å²) in [6, 6.07) is 10.2. The quantitative estimate of drug-likeness (QED) is 0.857. The van der Waals surface area contributed by atoms with Crippen molar-refractivity contribution in [1.29, 1.82) is 0 Å². The van der Waals surface area contributed by atoms with Gasteiger partial charge in [0, 0.05) is 18.5 Å². The summed E-state index contributed by atoms with van der Waals surface area (Å²) in [6.45, 7) is 0.336. The number of sulfonamides is 1. The van der Waals surface area contributed by atoms with Crippen molar-refractivity contribution in [2.75, 3.05) is 10.8 Å². The van der Waals surface area contributed by atoms with Crippen molar-refractivity contribution in [1.82, 2.24) is 0 Å². The smallest absolute Gasteiger partial charge is 0.273 e. The van der Waals surface area contributed by atoms with E-state index in [1.165, 1.54) is 15.6 Å². The number of fused-ring (bicyclic) bond motifs is 1. The summed E-state index contributed by atoms with van der Waals surface area (Å²) in [5, 5.41) is 1.74. The number of hydrogen-bond acceptors (Lipinski definition) is 4. The molecule has 2 heterocycles. The second-order valence-electron chi connectivity index (χ2n) is 4.55. The van der Waals surface area contributed by atoms with Gasteiger partial charge in [0.25, 0.3) is 10.0 Å². The third kappa shape index (κ3) is 2.14. The molecule has 1 aromatic heterocycles. The van der Waals surface area contributed by atoms with Gasteiger partial charge in [-0.15, -0.1) is 11.3 Å². The van der Waals surface area contributed by atoms with E-state index in [-0.39, 0.29) is 5.78 Å². The predicted molar refractivity (Wildman–Crippen MR) is 78.9 cm³/mol. The molecule has 0 radical (unpaired) electrons. The first-order valence-corrected chi connectivity index (χ1v) is 8.61. The van der Waals surface area contributed by atoms with E-state index in [1.54, 1.807) is 41.8 Å². The fraction of sp³-hybridized carbons (Fsp3) is 0.214. The molecule has 1 aliphatic rings. The van der Waals surface area contributed by atoms with Gasteiger partial charge >= 0.3 is 0 Å². The lowest BCUT2D eigenvalue weighted by atomic mass is 10.1. The van der Waals surface area contributed by atoms with E-state index in [2.05, 4.69) is 0 Å². The summed E-state index contributed by atoms with van der Waals surface area (Å²) < 4.78 is 27.1. The van der Waals surface area contributed by atoms with Crippen molar-refractivity contribution in [2.24, 2.45) is 0 Å². The van der Waals surface area contributed by atoms with Crippen LogP contribution in [0.3, 0.4) is 0 Å². The van der Waals surface area contributed by atoms with E-state index in [1.807, 2.05) is 0 Å². The van der Waals surface area contributed by atoms with Gasteiger partial charge in [0.15, 0.2) is 5.78 Å². The van der Waals surface area contributed by atoms with Crippen LogP contribution in [0.1, 0.15) is 23.2 Å². The van der Waals surface area contributed by atoms with Crippen LogP contribution in [0, 0.1) is 0 Å². The maximum atomic E-state index is 12.7. The van der Waals surface area contributed by atoms with Crippen LogP contribution in [0.5, 0.6) is 0 Å². The number of carbonyl (C=O) groups is 1. The van der Waals surface area contributed by atoms with Gasteiger partial charge in [-0.25, -0.2) is 8.42 Å². The number of nitrogens with zero attached hydrogens (tertiary/aromatic N) is 1. The zero-order valence-corrected chi connectivity index (χ0v) is 12.3. The zero-order valence-electron chi connectivity index (χ0n) is 10.7. The van der Waals surface area contributed by atoms with Gasteiger partial charge in [-0.1, -0.05) is 18.2 Å². The minimum Gasteiger partial charge on any atom is -0.294 e. The van der Waals surface area contributed by atoms with E-state index in [0.717, 1.165) is 0 Å². The van der Waals surface area contributed by atoms with Crippen LogP contribution < -0.4 is 4.31 Å². The van der Waals surface area contributed by atoms with Gasteiger partial charge in [-0.3, -0.25) is 9.10 Å². The van der Waals surface area contributed by atoms with Gasteiger partial charge in [0.2, 0.25) is 0 Å². The Bertz CT molecular complexity index is 736. The molecule has 3 rings (SSSR count). The summed E-state index contributed by atoms with van der Waals surface area (Å²) in [5.41, 5.74) is 0.980. The second-order valence-corrected chi connectivity index (χ2v) is 7.59. The summed E-state index contributed by atoms with van der Waals surface area (Å²) in [5.74, 6) is 0.00415. The summed E-state index contributed by atoms with van der Waals surface area (Å²) >= 11 is 1.19. The van der Waals surface area contributed by atoms with Crippen molar-refractivity contribution < 1.29 is 13.2 Å². The first-order valence-electron chi connectivity index (χ1n) is 6.29. The fourth-order valence-corrected chi connectivity index (χ4v) is 4.96. The largest absolute Gasteiger partial charge is 0.294 e. The molecule has 0 spiro atoms. The Kier molecular flexibility index (Phi) is 3.35. The van der Waals surface area contributed by atoms with Crippen molar-refractivity contribution >= 4 is 32.8 Å². The van der Waals surface area contributed by atoms with E-state index >= 15 is 0 Å². The normalized spacial score (nSPS) is 15.8. The molecule has 0 atom stereocenters. The molecule has 4 nitrogen and oxygen atoms in total. The van der Waals surface area contributed by atoms with Gasteiger partial charge in [0.1, 0.15) is 4.21 Å². The van der Waals surface area contributed by atoms with Crippen LogP contribution in [0.4, 0.5) is 5.69 Å². The number of thiophene rings is 1. The first-order chi connectivity index (χ1) is 9.60. The molecule has 20 heavy (non-hydrogen) atoms. The lowest BCUT2D eigenvalue weighted by Gasteiger charge is -2.23. The van der Waals surface area contributed by atoms with Crippen LogP contribution in [-0.2, 0) is 10.0 Å². The Labute approximate surface area is 121 Å². The minimum atomic E-state index is -3.58. The summed E-state index contributed by atoms with van der Waals surface area (Å²) in [4.78, 5) is 12.0. The van der Waals surface area contributed by atoms with Crippen molar-refractivity contribution in [2.45, 2.75) is 17.1 Å². The summed E-state index contributed by atoms with van der Waals surface area (Å²) in [6.07, 6.45) is 0.922. The Morgan fingerprint density at radius 1 is 1.10 bits per heavy atom. The molecule has 0 bridgehead atoms. The van der Waals surface area contributed by atoms with E-state index in [0.29, 0.717) is 34.8 Å². The molecular formula is C14H13NO3S2. The molecule has 0 fully saturated rings. The number of rotatable bonds is 2. The number of para-hydroxylation sites is 1. The van der Waals surface area contributed by atoms with Crippen LogP contribution in [0.25, 0.3) is 0 Å². The first kappa shape index (κ1) is 13.3. The highest BCUT2D eigenvalue weighted by molar-refractivity contribution is 7.94. The minimum absolute atomic E-state index is 0.00415. The number of carbonyl (C=O) groups excluding carboxylic acids is 1. The molecule has 0 unspecified atom stereocenters. The maximum absolute atomic E-state index is 12.7. The molecule has 0 amide bonds.